The molecule has 4 nitrogen and oxygen atoms in total. The summed E-state index contributed by atoms with van der Waals surface area (Å²) >= 11 is 0. The molecule has 0 aliphatic rings. The molecule has 5 heteroatoms. The van der Waals surface area contributed by atoms with Crippen molar-refractivity contribution in [3.05, 3.63) is 47.0 Å². The highest BCUT2D eigenvalue weighted by Crippen LogP contribution is 2.35. The summed E-state index contributed by atoms with van der Waals surface area (Å²) in [7, 11) is -3.96. The Bertz CT molecular complexity index is 777. The van der Waals surface area contributed by atoms with Crippen LogP contribution in [0.2, 0.25) is 0 Å². The van der Waals surface area contributed by atoms with E-state index in [1.54, 1.807) is 32.9 Å². The first-order valence-electron chi connectivity index (χ1n) is 6.08. The number of hydrogen-bond acceptors (Lipinski definition) is 4. The van der Waals surface area contributed by atoms with Crippen molar-refractivity contribution in [2.75, 3.05) is 0 Å². The van der Waals surface area contributed by atoms with Gasteiger partial charge in [-0.3, -0.25) is 0 Å². The van der Waals surface area contributed by atoms with Crippen molar-refractivity contribution in [1.82, 2.24) is 0 Å². The van der Waals surface area contributed by atoms with Gasteiger partial charge in [0.15, 0.2) is 0 Å². The molecule has 2 N–H and O–H groups in total. The fourth-order valence-corrected chi connectivity index (χ4v) is 3.67. The van der Waals surface area contributed by atoms with Gasteiger partial charge in [0.05, 0.1) is 0 Å². The van der Waals surface area contributed by atoms with E-state index in [1.807, 2.05) is 0 Å². The van der Waals surface area contributed by atoms with Crippen molar-refractivity contribution >= 4 is 9.84 Å². The summed E-state index contributed by atoms with van der Waals surface area (Å²) in [5.74, 6) is -0.598. The SMILES string of the molecule is Cc1ccc(S(=O)(=O)c2cc(C)cc(C)c2O)c(O)c1. The summed E-state index contributed by atoms with van der Waals surface area (Å²) in [4.78, 5) is -0.391. The van der Waals surface area contributed by atoms with Crippen molar-refractivity contribution in [3.63, 3.8) is 0 Å². The second-order valence-electron chi connectivity index (χ2n) is 4.90. The van der Waals surface area contributed by atoms with Gasteiger partial charge < -0.3 is 10.2 Å². The fraction of sp³-hybridized carbons (Fsp3) is 0.200. The second kappa shape index (κ2) is 4.83. The zero-order valence-corrected chi connectivity index (χ0v) is 12.3. The minimum atomic E-state index is -3.96. The topological polar surface area (TPSA) is 74.6 Å². The van der Waals surface area contributed by atoms with Gasteiger partial charge in [0.1, 0.15) is 21.3 Å². The summed E-state index contributed by atoms with van der Waals surface area (Å²) in [5, 5.41) is 19.9. The molecular formula is C15H16O4S. The molecule has 0 fully saturated rings. The molecule has 106 valence electrons. The van der Waals surface area contributed by atoms with Crippen molar-refractivity contribution < 1.29 is 18.6 Å². The lowest BCUT2D eigenvalue weighted by molar-refractivity contribution is 0.450. The van der Waals surface area contributed by atoms with E-state index in [-0.39, 0.29) is 21.3 Å². The van der Waals surface area contributed by atoms with Gasteiger partial charge in [-0.05, 0) is 55.7 Å². The van der Waals surface area contributed by atoms with E-state index in [0.717, 1.165) is 11.1 Å². The van der Waals surface area contributed by atoms with Crippen LogP contribution in [0, 0.1) is 20.8 Å². The van der Waals surface area contributed by atoms with Crippen LogP contribution >= 0.6 is 0 Å². The standard InChI is InChI=1S/C15H16O4S/c1-9-4-5-13(12(16)7-9)20(18,19)14-8-10(2)6-11(3)15(14)17/h4-8,16-17H,1-3H3. The highest BCUT2D eigenvalue weighted by Gasteiger charge is 2.25. The van der Waals surface area contributed by atoms with Crippen LogP contribution in [-0.2, 0) is 9.84 Å². The summed E-state index contributed by atoms with van der Waals surface area (Å²) in [5.41, 5.74) is 1.96. The third-order valence-corrected chi connectivity index (χ3v) is 4.92. The summed E-state index contributed by atoms with van der Waals surface area (Å²) < 4.78 is 25.1. The zero-order chi connectivity index (χ0) is 15.1. The maximum absolute atomic E-state index is 12.6. The minimum absolute atomic E-state index is 0.186. The van der Waals surface area contributed by atoms with E-state index in [9.17, 15) is 18.6 Å². The molecule has 0 atom stereocenters. The molecule has 2 aromatic rings. The Morgan fingerprint density at radius 3 is 2.10 bits per heavy atom. The van der Waals surface area contributed by atoms with Gasteiger partial charge in [-0.1, -0.05) is 12.1 Å². The molecule has 0 amide bonds. The average Bonchev–Trinajstić information content (AvgIpc) is 2.33. The molecule has 0 heterocycles. The molecule has 2 aromatic carbocycles. The van der Waals surface area contributed by atoms with Crippen LogP contribution in [0.15, 0.2) is 40.1 Å². The van der Waals surface area contributed by atoms with E-state index >= 15 is 0 Å². The Hall–Kier alpha value is -2.01. The molecule has 2 rings (SSSR count). The number of aromatic hydroxyl groups is 2. The van der Waals surface area contributed by atoms with Crippen LogP contribution in [0.1, 0.15) is 16.7 Å². The fourth-order valence-electron chi connectivity index (χ4n) is 2.10. The minimum Gasteiger partial charge on any atom is -0.507 e. The molecule has 0 aromatic heterocycles. The zero-order valence-electron chi connectivity index (χ0n) is 11.5. The van der Waals surface area contributed by atoms with Crippen LogP contribution in [0.5, 0.6) is 11.5 Å². The van der Waals surface area contributed by atoms with E-state index in [0.29, 0.717) is 5.56 Å². The predicted octanol–water partition coefficient (Wildman–Crippen LogP) is 2.86. The number of phenolic OH excluding ortho intramolecular Hbond substituents is 2. The first-order valence-corrected chi connectivity index (χ1v) is 7.56. The van der Waals surface area contributed by atoms with Gasteiger partial charge >= 0.3 is 0 Å². The molecule has 0 spiro atoms. The molecule has 0 saturated carbocycles. The van der Waals surface area contributed by atoms with Crippen molar-refractivity contribution in [2.24, 2.45) is 0 Å². The maximum atomic E-state index is 12.6. The van der Waals surface area contributed by atoms with E-state index in [2.05, 4.69) is 0 Å². The largest absolute Gasteiger partial charge is 0.507 e. The molecule has 0 aliphatic carbocycles. The highest BCUT2D eigenvalue weighted by molar-refractivity contribution is 7.91. The Labute approximate surface area is 118 Å². The average molecular weight is 292 g/mol. The van der Waals surface area contributed by atoms with Gasteiger partial charge in [-0.25, -0.2) is 8.42 Å². The van der Waals surface area contributed by atoms with Gasteiger partial charge in [0, 0.05) is 0 Å². The normalized spacial score (nSPS) is 11.6. The summed E-state index contributed by atoms with van der Waals surface area (Å²) in [6.07, 6.45) is 0. The van der Waals surface area contributed by atoms with Gasteiger partial charge in [-0.2, -0.15) is 0 Å². The number of benzene rings is 2. The van der Waals surface area contributed by atoms with Gasteiger partial charge in [0.2, 0.25) is 9.84 Å². The molecule has 20 heavy (non-hydrogen) atoms. The number of phenols is 2. The lowest BCUT2D eigenvalue weighted by Crippen LogP contribution is -2.04. The molecule has 0 unspecified atom stereocenters. The van der Waals surface area contributed by atoms with E-state index in [1.165, 1.54) is 18.2 Å². The smallest absolute Gasteiger partial charge is 0.213 e. The lowest BCUT2D eigenvalue weighted by Gasteiger charge is -2.11. The summed E-state index contributed by atoms with van der Waals surface area (Å²) in [6, 6.07) is 7.43. The first kappa shape index (κ1) is 14.4. The monoisotopic (exact) mass is 292 g/mol. The third-order valence-electron chi connectivity index (χ3n) is 3.10. The molecule has 0 radical (unpaired) electrons. The Balaban J connectivity index is 2.73. The quantitative estimate of drug-likeness (QED) is 0.892. The number of sulfone groups is 1. The number of rotatable bonds is 2. The van der Waals surface area contributed by atoms with Crippen LogP contribution in [0.25, 0.3) is 0 Å². The maximum Gasteiger partial charge on any atom is 0.213 e. The number of hydrogen-bond donors (Lipinski definition) is 2. The van der Waals surface area contributed by atoms with Gasteiger partial charge in [-0.15, -0.1) is 0 Å². The molecule has 0 aliphatic heterocycles. The van der Waals surface area contributed by atoms with Crippen molar-refractivity contribution in [1.29, 1.82) is 0 Å². The third kappa shape index (κ3) is 2.36. The number of aryl methyl sites for hydroxylation is 3. The molecule has 0 saturated heterocycles. The van der Waals surface area contributed by atoms with Crippen LogP contribution in [-0.4, -0.2) is 18.6 Å². The van der Waals surface area contributed by atoms with Crippen LogP contribution in [0.3, 0.4) is 0 Å². The second-order valence-corrected chi connectivity index (χ2v) is 6.79. The van der Waals surface area contributed by atoms with Crippen LogP contribution in [0.4, 0.5) is 0 Å². The van der Waals surface area contributed by atoms with E-state index in [4.69, 9.17) is 0 Å². The Morgan fingerprint density at radius 1 is 0.850 bits per heavy atom. The van der Waals surface area contributed by atoms with Crippen molar-refractivity contribution in [3.8, 4) is 11.5 Å². The van der Waals surface area contributed by atoms with E-state index < -0.39 is 9.84 Å². The molecular weight excluding hydrogens is 276 g/mol. The Morgan fingerprint density at radius 2 is 1.50 bits per heavy atom. The van der Waals surface area contributed by atoms with Crippen molar-refractivity contribution in [2.45, 2.75) is 30.6 Å². The lowest BCUT2D eigenvalue weighted by atomic mass is 10.1. The first-order chi connectivity index (χ1) is 9.23. The summed E-state index contributed by atoms with van der Waals surface area (Å²) in [6.45, 7) is 5.14. The van der Waals surface area contributed by atoms with Gasteiger partial charge in [0.25, 0.3) is 0 Å². The molecule has 0 bridgehead atoms. The van der Waals surface area contributed by atoms with Crippen LogP contribution < -0.4 is 0 Å². The predicted molar refractivity (Wildman–Crippen MR) is 75.9 cm³/mol. The Kier molecular flexibility index (Phi) is 3.48. The highest BCUT2D eigenvalue weighted by atomic mass is 32.2.